The van der Waals surface area contributed by atoms with Crippen LogP contribution in [0.25, 0.3) is 0 Å². The summed E-state index contributed by atoms with van der Waals surface area (Å²) in [6.45, 7) is 6.04. The first-order valence-corrected chi connectivity index (χ1v) is 6.11. The topological polar surface area (TPSA) is 70.2 Å². The Morgan fingerprint density at radius 2 is 1.84 bits per heavy atom. The maximum Gasteiger partial charge on any atom is 0.222 e. The molecule has 1 aromatic carbocycles. The lowest BCUT2D eigenvalue weighted by molar-refractivity contribution is -0.120. The van der Waals surface area contributed by atoms with E-state index < -0.39 is 0 Å². The van der Waals surface area contributed by atoms with Crippen LogP contribution in [0.2, 0.25) is 0 Å². The van der Waals surface area contributed by atoms with Crippen molar-refractivity contribution >= 4 is 23.2 Å². The number of carbonyl (C=O) groups is 2. The zero-order valence-corrected chi connectivity index (χ0v) is 11.0. The van der Waals surface area contributed by atoms with Crippen LogP contribution in [0.1, 0.15) is 13.3 Å². The number of rotatable bonds is 7. The molecule has 0 fully saturated rings. The molecule has 3 N–H and O–H groups in total. The number of nitrogens with one attached hydrogen (secondary N) is 3. The molecule has 102 valence electrons. The molecule has 0 aliphatic heterocycles. The van der Waals surface area contributed by atoms with Gasteiger partial charge in [-0.3, -0.25) is 9.59 Å². The normalized spacial score (nSPS) is 9.53. The largest absolute Gasteiger partial charge is 0.385 e. The van der Waals surface area contributed by atoms with Crippen molar-refractivity contribution in [3.8, 4) is 0 Å². The average Bonchev–Trinajstić information content (AvgIpc) is 2.38. The third-order valence-corrected chi connectivity index (χ3v) is 2.33. The summed E-state index contributed by atoms with van der Waals surface area (Å²) in [6, 6.07) is 7.32. The van der Waals surface area contributed by atoms with E-state index in [4.69, 9.17) is 0 Å². The van der Waals surface area contributed by atoms with E-state index in [-0.39, 0.29) is 11.8 Å². The molecule has 0 aliphatic rings. The summed E-state index contributed by atoms with van der Waals surface area (Å²) < 4.78 is 0. The molecule has 1 aromatic rings. The van der Waals surface area contributed by atoms with Gasteiger partial charge in [0.25, 0.3) is 0 Å². The number of benzene rings is 1. The molecule has 0 heterocycles. The Bertz CT molecular complexity index is 441. The van der Waals surface area contributed by atoms with E-state index in [1.165, 1.54) is 6.92 Å². The summed E-state index contributed by atoms with van der Waals surface area (Å²) >= 11 is 0. The van der Waals surface area contributed by atoms with Gasteiger partial charge in [-0.1, -0.05) is 6.08 Å². The molecule has 0 atom stereocenters. The molecule has 0 spiro atoms. The fraction of sp³-hybridized carbons (Fsp3) is 0.286. The number of anilines is 2. The van der Waals surface area contributed by atoms with Gasteiger partial charge in [-0.2, -0.15) is 0 Å². The minimum atomic E-state index is -0.0976. The third-order valence-electron chi connectivity index (χ3n) is 2.33. The minimum Gasteiger partial charge on any atom is -0.385 e. The molecule has 5 heteroatoms. The summed E-state index contributed by atoms with van der Waals surface area (Å²) in [5, 5.41) is 8.53. The summed E-state index contributed by atoms with van der Waals surface area (Å²) in [7, 11) is 0. The van der Waals surface area contributed by atoms with Gasteiger partial charge >= 0.3 is 0 Å². The van der Waals surface area contributed by atoms with E-state index in [2.05, 4.69) is 22.5 Å². The van der Waals surface area contributed by atoms with Crippen molar-refractivity contribution in [2.75, 3.05) is 23.7 Å². The lowest BCUT2D eigenvalue weighted by Gasteiger charge is -2.08. The predicted octanol–water partition coefficient (Wildman–Crippen LogP) is 1.75. The highest BCUT2D eigenvalue weighted by atomic mass is 16.2. The second kappa shape index (κ2) is 7.92. The summed E-state index contributed by atoms with van der Waals surface area (Å²) in [5.41, 5.74) is 1.66. The molecule has 0 saturated heterocycles. The van der Waals surface area contributed by atoms with Crippen LogP contribution in [0, 0.1) is 0 Å². The SMILES string of the molecule is C=CCNC(=O)CCNc1ccc(NC(C)=O)cc1. The third kappa shape index (κ3) is 6.26. The van der Waals surface area contributed by atoms with Gasteiger partial charge in [0.15, 0.2) is 0 Å². The van der Waals surface area contributed by atoms with Gasteiger partial charge < -0.3 is 16.0 Å². The predicted molar refractivity (Wildman–Crippen MR) is 77.1 cm³/mol. The fourth-order valence-electron chi connectivity index (χ4n) is 1.47. The maximum absolute atomic E-state index is 11.3. The first-order chi connectivity index (χ1) is 9.11. The number of hydrogen-bond acceptors (Lipinski definition) is 3. The molecule has 0 aliphatic carbocycles. The van der Waals surface area contributed by atoms with Crippen molar-refractivity contribution in [1.82, 2.24) is 5.32 Å². The van der Waals surface area contributed by atoms with Crippen molar-refractivity contribution in [3.63, 3.8) is 0 Å². The van der Waals surface area contributed by atoms with Gasteiger partial charge in [-0.25, -0.2) is 0 Å². The highest BCUT2D eigenvalue weighted by Gasteiger charge is 1.99. The molecule has 19 heavy (non-hydrogen) atoms. The number of carbonyl (C=O) groups excluding carboxylic acids is 2. The van der Waals surface area contributed by atoms with Crippen molar-refractivity contribution in [2.24, 2.45) is 0 Å². The van der Waals surface area contributed by atoms with Gasteiger partial charge in [0.05, 0.1) is 0 Å². The lowest BCUT2D eigenvalue weighted by Crippen LogP contribution is -2.25. The molecule has 5 nitrogen and oxygen atoms in total. The Morgan fingerprint density at radius 3 is 2.42 bits per heavy atom. The molecule has 0 bridgehead atoms. The molecule has 0 aromatic heterocycles. The van der Waals surface area contributed by atoms with E-state index in [1.54, 1.807) is 6.08 Å². The van der Waals surface area contributed by atoms with E-state index in [1.807, 2.05) is 24.3 Å². The highest BCUT2D eigenvalue weighted by molar-refractivity contribution is 5.88. The van der Waals surface area contributed by atoms with Crippen molar-refractivity contribution in [3.05, 3.63) is 36.9 Å². The van der Waals surface area contributed by atoms with E-state index in [9.17, 15) is 9.59 Å². The van der Waals surface area contributed by atoms with E-state index >= 15 is 0 Å². The first-order valence-electron chi connectivity index (χ1n) is 6.11. The second-order valence-electron chi connectivity index (χ2n) is 4.03. The number of amides is 2. The van der Waals surface area contributed by atoms with E-state index in [0.717, 1.165) is 11.4 Å². The zero-order chi connectivity index (χ0) is 14.1. The van der Waals surface area contributed by atoms with Gasteiger partial charge in [0, 0.05) is 37.8 Å². The van der Waals surface area contributed by atoms with Crippen molar-refractivity contribution < 1.29 is 9.59 Å². The van der Waals surface area contributed by atoms with Crippen LogP contribution in [0.15, 0.2) is 36.9 Å². The summed E-state index contributed by atoms with van der Waals surface area (Å²) in [5.74, 6) is -0.109. The van der Waals surface area contributed by atoms with Crippen LogP contribution in [-0.2, 0) is 9.59 Å². The molecular formula is C14H19N3O2. The highest BCUT2D eigenvalue weighted by Crippen LogP contribution is 2.13. The van der Waals surface area contributed by atoms with Gasteiger partial charge in [-0.05, 0) is 24.3 Å². The maximum atomic E-state index is 11.3. The molecule has 0 radical (unpaired) electrons. The minimum absolute atomic E-state index is 0.0118. The Labute approximate surface area is 113 Å². The zero-order valence-electron chi connectivity index (χ0n) is 11.0. The molecule has 0 unspecified atom stereocenters. The Morgan fingerprint density at radius 1 is 1.21 bits per heavy atom. The van der Waals surface area contributed by atoms with Crippen LogP contribution >= 0.6 is 0 Å². The van der Waals surface area contributed by atoms with Crippen LogP contribution in [0.3, 0.4) is 0 Å². The van der Waals surface area contributed by atoms with Crippen LogP contribution in [0.5, 0.6) is 0 Å². The monoisotopic (exact) mass is 261 g/mol. The Balaban J connectivity index is 2.31. The summed E-state index contributed by atoms with van der Waals surface area (Å²) in [6.07, 6.45) is 2.05. The first kappa shape index (κ1) is 14.8. The Hall–Kier alpha value is -2.30. The van der Waals surface area contributed by atoms with Crippen LogP contribution in [0.4, 0.5) is 11.4 Å². The Kier molecular flexibility index (Phi) is 6.15. The van der Waals surface area contributed by atoms with Crippen LogP contribution < -0.4 is 16.0 Å². The fourth-order valence-corrected chi connectivity index (χ4v) is 1.47. The average molecular weight is 261 g/mol. The van der Waals surface area contributed by atoms with Crippen molar-refractivity contribution in [2.45, 2.75) is 13.3 Å². The van der Waals surface area contributed by atoms with Gasteiger partial charge in [0.1, 0.15) is 0 Å². The quantitative estimate of drug-likeness (QED) is 0.655. The standard InChI is InChI=1S/C14H19N3O2/c1-3-9-16-14(19)8-10-15-12-4-6-13(7-5-12)17-11(2)18/h3-7,15H,1,8-10H2,2H3,(H,16,19)(H,17,18). The van der Waals surface area contributed by atoms with Gasteiger partial charge in [0.2, 0.25) is 11.8 Å². The number of hydrogen-bond donors (Lipinski definition) is 3. The molecule has 2 amide bonds. The molecular weight excluding hydrogens is 242 g/mol. The van der Waals surface area contributed by atoms with E-state index in [0.29, 0.717) is 19.5 Å². The molecule has 1 rings (SSSR count). The van der Waals surface area contributed by atoms with Crippen molar-refractivity contribution in [1.29, 1.82) is 0 Å². The second-order valence-corrected chi connectivity index (χ2v) is 4.03. The smallest absolute Gasteiger partial charge is 0.222 e. The lowest BCUT2D eigenvalue weighted by atomic mass is 10.2. The van der Waals surface area contributed by atoms with Crippen LogP contribution in [-0.4, -0.2) is 24.9 Å². The summed E-state index contributed by atoms with van der Waals surface area (Å²) in [4.78, 5) is 22.2. The van der Waals surface area contributed by atoms with Gasteiger partial charge in [-0.15, -0.1) is 6.58 Å². The molecule has 0 saturated carbocycles.